The standard InChI is InChI=1S/C17H22F2N2O3/c18-15(19)13-5-1-11(2-6-13)9-20-17(24)21-10-12-3-7-14(8-4-12)16(22)23/h1-2,5-6,12,14-15H,3-4,7-10H2,(H,22,23)(H2,20,21,24). The van der Waals surface area contributed by atoms with E-state index in [9.17, 15) is 18.4 Å². The van der Waals surface area contributed by atoms with E-state index in [2.05, 4.69) is 10.6 Å². The number of alkyl halides is 2. The molecule has 0 atom stereocenters. The number of carbonyl (C=O) groups excluding carboxylic acids is 1. The van der Waals surface area contributed by atoms with Gasteiger partial charge in [-0.05, 0) is 37.2 Å². The van der Waals surface area contributed by atoms with Gasteiger partial charge in [0.2, 0.25) is 0 Å². The van der Waals surface area contributed by atoms with Gasteiger partial charge in [-0.3, -0.25) is 4.79 Å². The first-order valence-electron chi connectivity index (χ1n) is 8.07. The molecule has 1 aliphatic carbocycles. The Balaban J connectivity index is 1.66. The first-order valence-corrected chi connectivity index (χ1v) is 8.07. The number of carboxylic acids is 1. The van der Waals surface area contributed by atoms with Crippen LogP contribution in [0.3, 0.4) is 0 Å². The SMILES string of the molecule is O=C(NCc1ccc(C(F)F)cc1)NCC1CCC(C(=O)O)CC1. The quantitative estimate of drug-likeness (QED) is 0.743. The van der Waals surface area contributed by atoms with Gasteiger partial charge in [-0.15, -0.1) is 0 Å². The number of benzene rings is 1. The lowest BCUT2D eigenvalue weighted by Crippen LogP contribution is -2.38. The number of carbonyl (C=O) groups is 2. The van der Waals surface area contributed by atoms with E-state index in [4.69, 9.17) is 5.11 Å². The molecule has 0 aromatic heterocycles. The van der Waals surface area contributed by atoms with E-state index in [1.807, 2.05) is 0 Å². The highest BCUT2D eigenvalue weighted by molar-refractivity contribution is 5.73. The summed E-state index contributed by atoms with van der Waals surface area (Å²) in [5.41, 5.74) is 0.705. The first-order chi connectivity index (χ1) is 11.5. The zero-order valence-corrected chi connectivity index (χ0v) is 13.3. The number of hydrogen-bond donors (Lipinski definition) is 3. The molecule has 2 rings (SSSR count). The van der Waals surface area contributed by atoms with E-state index in [1.54, 1.807) is 12.1 Å². The van der Waals surface area contributed by atoms with Crippen molar-refractivity contribution in [3.05, 3.63) is 35.4 Å². The molecule has 1 saturated carbocycles. The van der Waals surface area contributed by atoms with Crippen LogP contribution in [0.15, 0.2) is 24.3 Å². The molecular weight excluding hydrogens is 318 g/mol. The summed E-state index contributed by atoms with van der Waals surface area (Å²) in [4.78, 5) is 22.7. The molecule has 1 aromatic rings. The van der Waals surface area contributed by atoms with Crippen LogP contribution in [-0.4, -0.2) is 23.7 Å². The Labute approximate surface area is 139 Å². The molecule has 0 radical (unpaired) electrons. The molecule has 0 bridgehead atoms. The van der Waals surface area contributed by atoms with Crippen molar-refractivity contribution in [1.82, 2.24) is 10.6 Å². The Morgan fingerprint density at radius 3 is 2.25 bits per heavy atom. The second-order valence-corrected chi connectivity index (χ2v) is 6.16. The number of amides is 2. The van der Waals surface area contributed by atoms with E-state index >= 15 is 0 Å². The van der Waals surface area contributed by atoms with Crippen LogP contribution in [0.5, 0.6) is 0 Å². The molecule has 0 aliphatic heterocycles. The smallest absolute Gasteiger partial charge is 0.315 e. The second kappa shape index (κ2) is 8.61. The van der Waals surface area contributed by atoms with Gasteiger partial charge in [0, 0.05) is 18.7 Å². The molecule has 0 unspecified atom stereocenters. The van der Waals surface area contributed by atoms with Gasteiger partial charge in [0.05, 0.1) is 5.92 Å². The summed E-state index contributed by atoms with van der Waals surface area (Å²) in [7, 11) is 0. The van der Waals surface area contributed by atoms with Crippen LogP contribution in [0.25, 0.3) is 0 Å². The third kappa shape index (κ3) is 5.47. The lowest BCUT2D eigenvalue weighted by atomic mass is 9.82. The Bertz CT molecular complexity index is 555. The summed E-state index contributed by atoms with van der Waals surface area (Å²) in [6.07, 6.45) is 0.407. The Morgan fingerprint density at radius 2 is 1.71 bits per heavy atom. The molecule has 0 spiro atoms. The fraction of sp³-hybridized carbons (Fsp3) is 0.529. The van der Waals surface area contributed by atoms with E-state index in [-0.39, 0.29) is 24.1 Å². The number of halogens is 2. The highest BCUT2D eigenvalue weighted by Crippen LogP contribution is 2.28. The minimum absolute atomic E-state index is 0.0415. The minimum atomic E-state index is -2.49. The van der Waals surface area contributed by atoms with Crippen molar-refractivity contribution in [2.75, 3.05) is 6.54 Å². The molecule has 1 aromatic carbocycles. The fourth-order valence-electron chi connectivity index (χ4n) is 2.88. The van der Waals surface area contributed by atoms with Crippen molar-refractivity contribution in [2.45, 2.75) is 38.7 Å². The predicted octanol–water partition coefficient (Wildman–Crippen LogP) is 3.31. The van der Waals surface area contributed by atoms with Crippen LogP contribution in [0.4, 0.5) is 13.6 Å². The van der Waals surface area contributed by atoms with Gasteiger partial charge in [-0.1, -0.05) is 24.3 Å². The largest absolute Gasteiger partial charge is 0.481 e. The predicted molar refractivity (Wildman–Crippen MR) is 84.7 cm³/mol. The van der Waals surface area contributed by atoms with Crippen LogP contribution in [0.1, 0.15) is 43.2 Å². The lowest BCUT2D eigenvalue weighted by molar-refractivity contribution is -0.143. The van der Waals surface area contributed by atoms with Crippen molar-refractivity contribution in [1.29, 1.82) is 0 Å². The van der Waals surface area contributed by atoms with Crippen molar-refractivity contribution >= 4 is 12.0 Å². The molecule has 132 valence electrons. The van der Waals surface area contributed by atoms with Crippen LogP contribution >= 0.6 is 0 Å². The topological polar surface area (TPSA) is 78.4 Å². The molecule has 24 heavy (non-hydrogen) atoms. The van der Waals surface area contributed by atoms with E-state index in [0.717, 1.165) is 18.4 Å². The Kier molecular flexibility index (Phi) is 6.52. The van der Waals surface area contributed by atoms with Gasteiger partial charge in [-0.25, -0.2) is 13.6 Å². The third-order valence-corrected chi connectivity index (χ3v) is 4.43. The maximum absolute atomic E-state index is 12.4. The summed E-state index contributed by atoms with van der Waals surface area (Å²) >= 11 is 0. The summed E-state index contributed by atoms with van der Waals surface area (Å²) in [5, 5.41) is 14.4. The highest BCUT2D eigenvalue weighted by Gasteiger charge is 2.25. The molecule has 7 heteroatoms. The summed E-state index contributed by atoms with van der Waals surface area (Å²) in [6, 6.07) is 5.51. The number of hydrogen-bond acceptors (Lipinski definition) is 2. The zero-order chi connectivity index (χ0) is 17.5. The molecule has 1 aliphatic rings. The van der Waals surface area contributed by atoms with Crippen LogP contribution < -0.4 is 10.6 Å². The first kappa shape index (κ1) is 18.2. The molecule has 0 saturated heterocycles. The van der Waals surface area contributed by atoms with E-state index in [1.165, 1.54) is 12.1 Å². The van der Waals surface area contributed by atoms with Crippen LogP contribution in [0, 0.1) is 11.8 Å². The zero-order valence-electron chi connectivity index (χ0n) is 13.3. The van der Waals surface area contributed by atoms with Gasteiger partial charge < -0.3 is 15.7 Å². The van der Waals surface area contributed by atoms with E-state index in [0.29, 0.717) is 25.3 Å². The van der Waals surface area contributed by atoms with Gasteiger partial charge in [0.25, 0.3) is 6.43 Å². The fourth-order valence-corrected chi connectivity index (χ4v) is 2.88. The Hall–Kier alpha value is -2.18. The highest BCUT2D eigenvalue weighted by atomic mass is 19.3. The number of carboxylic acid groups (broad SMARTS) is 1. The van der Waals surface area contributed by atoms with Crippen molar-refractivity contribution < 1.29 is 23.5 Å². The average molecular weight is 340 g/mol. The van der Waals surface area contributed by atoms with Crippen molar-refractivity contribution in [3.63, 3.8) is 0 Å². The normalized spacial score (nSPS) is 20.6. The maximum Gasteiger partial charge on any atom is 0.315 e. The van der Waals surface area contributed by atoms with Gasteiger partial charge in [0.15, 0.2) is 0 Å². The van der Waals surface area contributed by atoms with Gasteiger partial charge in [-0.2, -0.15) is 0 Å². The molecule has 5 nitrogen and oxygen atoms in total. The number of nitrogens with one attached hydrogen (secondary N) is 2. The number of rotatable bonds is 6. The van der Waals surface area contributed by atoms with Crippen LogP contribution in [0.2, 0.25) is 0 Å². The lowest BCUT2D eigenvalue weighted by Gasteiger charge is -2.26. The molecular formula is C17H22F2N2O3. The second-order valence-electron chi connectivity index (χ2n) is 6.16. The summed E-state index contributed by atoms with van der Waals surface area (Å²) in [6.45, 7) is 0.781. The monoisotopic (exact) mass is 340 g/mol. The number of aliphatic carboxylic acids is 1. The minimum Gasteiger partial charge on any atom is -0.481 e. The van der Waals surface area contributed by atoms with Crippen LogP contribution in [-0.2, 0) is 11.3 Å². The van der Waals surface area contributed by atoms with Crippen molar-refractivity contribution in [2.24, 2.45) is 11.8 Å². The summed E-state index contributed by atoms with van der Waals surface area (Å²) < 4.78 is 24.9. The van der Waals surface area contributed by atoms with E-state index < -0.39 is 12.4 Å². The summed E-state index contributed by atoms with van der Waals surface area (Å²) in [5.74, 6) is -0.694. The Morgan fingerprint density at radius 1 is 1.08 bits per heavy atom. The molecule has 1 fully saturated rings. The van der Waals surface area contributed by atoms with Gasteiger partial charge in [0.1, 0.15) is 0 Å². The van der Waals surface area contributed by atoms with Crippen molar-refractivity contribution in [3.8, 4) is 0 Å². The molecule has 3 N–H and O–H groups in total. The molecule has 0 heterocycles. The third-order valence-electron chi connectivity index (χ3n) is 4.43. The molecule has 2 amide bonds. The average Bonchev–Trinajstić information content (AvgIpc) is 2.58. The number of urea groups is 1. The van der Waals surface area contributed by atoms with Gasteiger partial charge >= 0.3 is 12.0 Å². The maximum atomic E-state index is 12.4.